The lowest BCUT2D eigenvalue weighted by Crippen LogP contribution is -2.10. The highest BCUT2D eigenvalue weighted by Gasteiger charge is 2.21. The van der Waals surface area contributed by atoms with Gasteiger partial charge in [-0.25, -0.2) is 4.98 Å². The molecule has 0 aliphatic rings. The number of pyridine rings is 3. The fourth-order valence-electron chi connectivity index (χ4n) is 5.51. The summed E-state index contributed by atoms with van der Waals surface area (Å²) in [5, 5.41) is 1.18. The fourth-order valence-corrected chi connectivity index (χ4v) is 6.75. The molecule has 0 unspecified atom stereocenters. The van der Waals surface area contributed by atoms with Crippen molar-refractivity contribution in [1.29, 1.82) is 0 Å². The Kier molecular flexibility index (Phi) is 10.6. The highest BCUT2D eigenvalue weighted by Crippen LogP contribution is 2.45. The molecule has 4 heterocycles. The predicted octanol–water partition coefficient (Wildman–Crippen LogP) is 9.60. The SMILES string of the molecule is CCCCCCc1cc(-c2ccnc(-c3cc(OC=O)cc(-c4cc(OC=O)ccn4)n3)c2)sc1N(c1ccccc1)c1ccccc1. The third kappa shape index (κ3) is 7.65. The van der Waals surface area contributed by atoms with Gasteiger partial charge in [-0.1, -0.05) is 62.6 Å². The summed E-state index contributed by atoms with van der Waals surface area (Å²) in [7, 11) is 0. The Balaban J connectivity index is 1.42. The van der Waals surface area contributed by atoms with Crippen molar-refractivity contribution in [2.45, 2.75) is 39.0 Å². The summed E-state index contributed by atoms with van der Waals surface area (Å²) in [5.41, 5.74) is 6.47. The molecule has 0 aliphatic heterocycles. The van der Waals surface area contributed by atoms with Crippen molar-refractivity contribution in [3.8, 4) is 44.7 Å². The molecule has 8 nitrogen and oxygen atoms in total. The minimum absolute atomic E-state index is 0.287. The van der Waals surface area contributed by atoms with Crippen molar-refractivity contribution in [1.82, 2.24) is 15.0 Å². The van der Waals surface area contributed by atoms with Gasteiger partial charge in [-0.3, -0.25) is 19.6 Å². The summed E-state index contributed by atoms with van der Waals surface area (Å²) in [4.78, 5) is 39.5. The van der Waals surface area contributed by atoms with Gasteiger partial charge in [0.25, 0.3) is 12.9 Å². The number of hydrogen-bond donors (Lipinski definition) is 0. The Labute approximate surface area is 283 Å². The van der Waals surface area contributed by atoms with E-state index in [9.17, 15) is 9.59 Å². The van der Waals surface area contributed by atoms with E-state index in [-0.39, 0.29) is 5.75 Å². The van der Waals surface area contributed by atoms with E-state index in [1.165, 1.54) is 36.0 Å². The van der Waals surface area contributed by atoms with E-state index in [1.807, 2.05) is 24.3 Å². The van der Waals surface area contributed by atoms with Crippen LogP contribution in [0.3, 0.4) is 0 Å². The van der Waals surface area contributed by atoms with Crippen LogP contribution in [0.15, 0.2) is 116 Å². The summed E-state index contributed by atoms with van der Waals surface area (Å²) >= 11 is 1.75. The average Bonchev–Trinajstić information content (AvgIpc) is 3.55. The van der Waals surface area contributed by atoms with E-state index in [0.29, 0.717) is 41.5 Å². The number of aryl methyl sites for hydroxylation is 1. The molecule has 0 spiro atoms. The van der Waals surface area contributed by atoms with Crippen molar-refractivity contribution < 1.29 is 19.1 Å². The van der Waals surface area contributed by atoms with E-state index < -0.39 is 0 Å². The average molecular weight is 655 g/mol. The largest absolute Gasteiger partial charge is 0.429 e. The zero-order valence-corrected chi connectivity index (χ0v) is 27.3. The number of anilines is 3. The normalized spacial score (nSPS) is 10.8. The van der Waals surface area contributed by atoms with Crippen molar-refractivity contribution >= 4 is 40.7 Å². The molecular formula is C39H34N4O4S. The molecule has 4 aromatic heterocycles. The van der Waals surface area contributed by atoms with Crippen LogP contribution in [-0.4, -0.2) is 27.9 Å². The van der Waals surface area contributed by atoms with Crippen LogP contribution in [0.25, 0.3) is 33.2 Å². The quantitative estimate of drug-likeness (QED) is 0.0798. The van der Waals surface area contributed by atoms with Gasteiger partial charge in [0.05, 0.1) is 22.8 Å². The number of nitrogens with zero attached hydrogens (tertiary/aromatic N) is 4. The van der Waals surface area contributed by atoms with Gasteiger partial charge in [-0.15, -0.1) is 11.3 Å². The van der Waals surface area contributed by atoms with Gasteiger partial charge in [0.1, 0.15) is 16.5 Å². The second-order valence-electron chi connectivity index (χ2n) is 11.1. The molecule has 0 N–H and O–H groups in total. The predicted molar refractivity (Wildman–Crippen MR) is 190 cm³/mol. The first kappa shape index (κ1) is 32.3. The van der Waals surface area contributed by atoms with E-state index in [0.717, 1.165) is 34.7 Å². The molecule has 0 radical (unpaired) electrons. The second kappa shape index (κ2) is 15.8. The minimum atomic E-state index is 0.287. The number of para-hydroxylation sites is 2. The van der Waals surface area contributed by atoms with E-state index in [2.05, 4.69) is 76.4 Å². The van der Waals surface area contributed by atoms with Gasteiger partial charge < -0.3 is 14.4 Å². The minimum Gasteiger partial charge on any atom is -0.429 e. The van der Waals surface area contributed by atoms with Crippen molar-refractivity contribution in [3.05, 3.63) is 121 Å². The summed E-state index contributed by atoms with van der Waals surface area (Å²) in [6.45, 7) is 2.95. The van der Waals surface area contributed by atoms with Crippen LogP contribution in [0.1, 0.15) is 38.2 Å². The van der Waals surface area contributed by atoms with Gasteiger partial charge in [0.2, 0.25) is 0 Å². The molecular weight excluding hydrogens is 621 g/mol. The van der Waals surface area contributed by atoms with Crippen LogP contribution in [0, 0.1) is 0 Å². The maximum Gasteiger partial charge on any atom is 0.298 e. The first-order valence-electron chi connectivity index (χ1n) is 15.9. The molecule has 2 aromatic carbocycles. The van der Waals surface area contributed by atoms with Crippen LogP contribution < -0.4 is 14.4 Å². The van der Waals surface area contributed by atoms with Gasteiger partial charge in [-0.05, 0) is 72.5 Å². The van der Waals surface area contributed by atoms with Crippen molar-refractivity contribution in [2.75, 3.05) is 4.90 Å². The van der Waals surface area contributed by atoms with Crippen LogP contribution in [0.2, 0.25) is 0 Å². The lowest BCUT2D eigenvalue weighted by atomic mass is 10.1. The molecule has 0 saturated carbocycles. The molecule has 0 amide bonds. The van der Waals surface area contributed by atoms with Crippen LogP contribution in [-0.2, 0) is 16.0 Å². The third-order valence-electron chi connectivity index (χ3n) is 7.79. The number of thiophene rings is 1. The number of aromatic nitrogens is 3. The zero-order valence-electron chi connectivity index (χ0n) is 26.5. The molecule has 48 heavy (non-hydrogen) atoms. The van der Waals surface area contributed by atoms with Crippen molar-refractivity contribution in [3.63, 3.8) is 0 Å². The number of carbonyl (C=O) groups is 2. The Morgan fingerprint density at radius 3 is 1.92 bits per heavy atom. The number of carbonyl (C=O) groups excluding carboxylic acids is 2. The van der Waals surface area contributed by atoms with Gasteiger partial charge >= 0.3 is 0 Å². The number of ether oxygens (including phenoxy) is 2. The highest BCUT2D eigenvalue weighted by molar-refractivity contribution is 7.19. The molecule has 9 heteroatoms. The van der Waals surface area contributed by atoms with Gasteiger partial charge in [0.15, 0.2) is 0 Å². The molecule has 0 fully saturated rings. The number of unbranched alkanes of at least 4 members (excludes halogenated alkanes) is 3. The Morgan fingerprint density at radius 1 is 0.667 bits per heavy atom. The molecule has 0 atom stereocenters. The van der Waals surface area contributed by atoms with E-state index in [1.54, 1.807) is 41.8 Å². The summed E-state index contributed by atoms with van der Waals surface area (Å²) in [6.07, 6.45) is 8.95. The summed E-state index contributed by atoms with van der Waals surface area (Å²) in [5.74, 6) is 0.606. The fraction of sp³-hybridized carbons (Fsp3) is 0.154. The monoisotopic (exact) mass is 654 g/mol. The van der Waals surface area contributed by atoms with Crippen LogP contribution >= 0.6 is 11.3 Å². The zero-order chi connectivity index (χ0) is 33.1. The lowest BCUT2D eigenvalue weighted by Gasteiger charge is -2.25. The van der Waals surface area contributed by atoms with Gasteiger partial charge in [-0.2, -0.15) is 0 Å². The third-order valence-corrected chi connectivity index (χ3v) is 9.00. The summed E-state index contributed by atoms with van der Waals surface area (Å²) < 4.78 is 10.2. The van der Waals surface area contributed by atoms with E-state index in [4.69, 9.17) is 14.5 Å². The smallest absolute Gasteiger partial charge is 0.298 e. The molecule has 6 aromatic rings. The first-order chi connectivity index (χ1) is 23.7. The lowest BCUT2D eigenvalue weighted by molar-refractivity contribution is -0.121. The van der Waals surface area contributed by atoms with Gasteiger partial charge in [0, 0.05) is 46.8 Å². The molecule has 240 valence electrons. The molecule has 0 aliphatic carbocycles. The number of benzene rings is 2. The Bertz CT molecular complexity index is 1940. The highest BCUT2D eigenvalue weighted by atomic mass is 32.1. The molecule has 0 saturated heterocycles. The van der Waals surface area contributed by atoms with Crippen LogP contribution in [0.4, 0.5) is 16.4 Å². The number of hydrogen-bond acceptors (Lipinski definition) is 9. The van der Waals surface area contributed by atoms with E-state index >= 15 is 0 Å². The second-order valence-corrected chi connectivity index (χ2v) is 12.1. The number of rotatable bonds is 15. The summed E-state index contributed by atoms with van der Waals surface area (Å²) in [6, 6.07) is 33.7. The molecule has 0 bridgehead atoms. The maximum absolute atomic E-state index is 11.3. The molecule has 6 rings (SSSR count). The maximum atomic E-state index is 11.3. The standard InChI is InChI=1S/C39H34N4O4S/c1-2-3-4-7-12-29-22-38(48-39(29)43(30-13-8-5-9-14-30)31-15-10-6-11-16-31)28-17-19-40-34(21-28)36-24-33(47-27-45)25-37(42-36)35-23-32(46-26-44)18-20-41-35/h5-6,8-11,13-27H,2-4,7,12H2,1H3. The van der Waals surface area contributed by atoms with Crippen molar-refractivity contribution in [2.24, 2.45) is 0 Å². The topological polar surface area (TPSA) is 94.5 Å². The Hall–Kier alpha value is -5.67. The Morgan fingerprint density at radius 2 is 1.27 bits per heavy atom. The first-order valence-corrected chi connectivity index (χ1v) is 16.7. The van der Waals surface area contributed by atoms with Crippen LogP contribution in [0.5, 0.6) is 11.5 Å².